The molecular formula is C21H38N5O8P. The number of anilines is 1. The van der Waals surface area contributed by atoms with Gasteiger partial charge in [0.1, 0.15) is 24.2 Å². The van der Waals surface area contributed by atoms with Crippen LogP contribution in [0.5, 0.6) is 0 Å². The molecule has 1 rings (SSSR count). The smallest absolute Gasteiger partial charge is 0.349 e. The number of nitrogen functional groups attached to an aromatic ring is 1. The Kier molecular flexibility index (Phi) is 12.5. The first kappa shape index (κ1) is 30.7. The predicted octanol–water partition coefficient (Wildman–Crippen LogP) is 0.867. The van der Waals surface area contributed by atoms with E-state index in [1.807, 2.05) is 0 Å². The van der Waals surface area contributed by atoms with Crippen LogP contribution in [0.1, 0.15) is 41.5 Å². The zero-order valence-electron chi connectivity index (χ0n) is 21.3. The van der Waals surface area contributed by atoms with E-state index >= 15 is 0 Å². The first-order valence-corrected chi connectivity index (χ1v) is 13.1. The number of rotatable bonds is 15. The average molecular weight is 520 g/mol. The van der Waals surface area contributed by atoms with Crippen LogP contribution in [0.25, 0.3) is 0 Å². The van der Waals surface area contributed by atoms with Crippen molar-refractivity contribution in [3.8, 4) is 0 Å². The highest BCUT2D eigenvalue weighted by molar-refractivity contribution is 7.59. The van der Waals surface area contributed by atoms with E-state index in [0.717, 1.165) is 0 Å². The van der Waals surface area contributed by atoms with E-state index in [1.54, 1.807) is 27.7 Å². The number of methoxy groups -OCH3 is 1. The first-order valence-electron chi connectivity index (χ1n) is 11.3. The molecule has 0 aliphatic heterocycles. The molecule has 1 aromatic rings. The molecule has 200 valence electrons. The molecule has 4 N–H and O–H groups in total. The number of nitrogens with one attached hydrogen (secondary N) is 2. The summed E-state index contributed by atoms with van der Waals surface area (Å²) in [7, 11) is -2.28. The van der Waals surface area contributed by atoms with Gasteiger partial charge < -0.3 is 24.7 Å². The van der Waals surface area contributed by atoms with Crippen molar-refractivity contribution in [3.63, 3.8) is 0 Å². The largest absolute Gasteiger partial charge is 0.462 e. The third-order valence-electron chi connectivity index (χ3n) is 4.36. The van der Waals surface area contributed by atoms with Gasteiger partial charge in [0.05, 0.1) is 31.5 Å². The number of nitrogens with zero attached hydrogens (tertiary/aromatic N) is 2. The van der Waals surface area contributed by atoms with E-state index in [9.17, 15) is 18.9 Å². The highest BCUT2D eigenvalue weighted by Crippen LogP contribution is 2.38. The van der Waals surface area contributed by atoms with Crippen LogP contribution in [0.2, 0.25) is 0 Å². The van der Waals surface area contributed by atoms with Crippen LogP contribution >= 0.6 is 7.44 Å². The lowest BCUT2D eigenvalue weighted by molar-refractivity contribution is -0.149. The Morgan fingerprint density at radius 1 is 1.06 bits per heavy atom. The van der Waals surface area contributed by atoms with Crippen LogP contribution in [-0.2, 0) is 39.6 Å². The minimum atomic E-state index is -3.73. The highest BCUT2D eigenvalue weighted by Gasteiger charge is 2.33. The quantitative estimate of drug-likeness (QED) is 0.221. The van der Waals surface area contributed by atoms with Crippen molar-refractivity contribution in [1.82, 2.24) is 19.7 Å². The van der Waals surface area contributed by atoms with Gasteiger partial charge in [0, 0.05) is 13.3 Å². The molecule has 0 aliphatic carbocycles. The van der Waals surface area contributed by atoms with E-state index in [0.29, 0.717) is 0 Å². The molecule has 1 heterocycles. The molecule has 0 bridgehead atoms. The first-order chi connectivity index (χ1) is 16.3. The van der Waals surface area contributed by atoms with Gasteiger partial charge in [0.2, 0.25) is 7.44 Å². The molecule has 14 heteroatoms. The van der Waals surface area contributed by atoms with Crippen molar-refractivity contribution >= 4 is 25.2 Å². The van der Waals surface area contributed by atoms with Crippen molar-refractivity contribution in [2.45, 2.75) is 78.5 Å². The second-order valence-electron chi connectivity index (χ2n) is 8.57. The fourth-order valence-electron chi connectivity index (χ4n) is 2.86. The molecule has 35 heavy (non-hydrogen) atoms. The number of hydrogen-bond donors (Lipinski definition) is 3. The van der Waals surface area contributed by atoms with Crippen LogP contribution < -0.4 is 21.6 Å². The van der Waals surface area contributed by atoms with Crippen molar-refractivity contribution in [2.75, 3.05) is 25.8 Å². The molecule has 1 aromatic heterocycles. The van der Waals surface area contributed by atoms with Crippen molar-refractivity contribution < 1.29 is 33.1 Å². The van der Waals surface area contributed by atoms with E-state index in [1.165, 1.54) is 37.8 Å². The second-order valence-corrected chi connectivity index (χ2v) is 10.8. The van der Waals surface area contributed by atoms with Gasteiger partial charge in [0.25, 0.3) is 0 Å². The van der Waals surface area contributed by atoms with Gasteiger partial charge in [-0.2, -0.15) is 4.98 Å². The molecule has 3 atom stereocenters. The van der Waals surface area contributed by atoms with Crippen molar-refractivity contribution in [2.24, 2.45) is 0 Å². The fourth-order valence-corrected chi connectivity index (χ4v) is 4.97. The predicted molar refractivity (Wildman–Crippen MR) is 130 cm³/mol. The Bertz CT molecular complexity index is 905. The number of carbonyl (C=O) groups is 2. The molecule has 0 fully saturated rings. The normalized spacial score (nSPS) is 14.5. The molecule has 0 spiro atoms. The Morgan fingerprint density at radius 2 is 1.57 bits per heavy atom. The molecule has 0 saturated carbocycles. The van der Waals surface area contributed by atoms with Crippen LogP contribution in [0, 0.1) is 0 Å². The summed E-state index contributed by atoms with van der Waals surface area (Å²) in [5.74, 6) is -1.15. The third-order valence-corrected chi connectivity index (χ3v) is 6.48. The third kappa shape index (κ3) is 11.3. The van der Waals surface area contributed by atoms with Gasteiger partial charge in [0.15, 0.2) is 0 Å². The summed E-state index contributed by atoms with van der Waals surface area (Å²) in [6.45, 7) is 9.85. The number of ether oxygens (including phenoxy) is 4. The Labute approximate surface area is 205 Å². The Balaban J connectivity index is 3.06. The molecule has 13 nitrogen and oxygen atoms in total. The van der Waals surface area contributed by atoms with Gasteiger partial charge in [-0.1, -0.05) is 0 Å². The molecule has 0 aromatic carbocycles. The maximum atomic E-state index is 13.8. The maximum Gasteiger partial charge on any atom is 0.349 e. The Morgan fingerprint density at radius 3 is 2.00 bits per heavy atom. The molecule has 0 amide bonds. The molecular weight excluding hydrogens is 481 g/mol. The highest BCUT2D eigenvalue weighted by atomic mass is 31.2. The van der Waals surface area contributed by atoms with Crippen LogP contribution in [-0.4, -0.2) is 71.9 Å². The SMILES string of the molecule is COC[C@@H](Cn1ccc(N)nc1=O)OCP(=O)(N[C@@H](C)C(=O)OC(C)C)N[C@@H](C)C(=O)OC(C)C. The van der Waals surface area contributed by atoms with Crippen molar-refractivity contribution in [3.05, 3.63) is 22.7 Å². The summed E-state index contributed by atoms with van der Waals surface area (Å²) in [6.07, 6.45) is -0.422. The molecule has 0 radical (unpaired) electrons. The lowest BCUT2D eigenvalue weighted by Gasteiger charge is -2.28. The van der Waals surface area contributed by atoms with E-state index < -0.39 is 49.6 Å². The average Bonchev–Trinajstić information content (AvgIpc) is 2.73. The van der Waals surface area contributed by atoms with Gasteiger partial charge in [-0.15, -0.1) is 0 Å². The van der Waals surface area contributed by atoms with Gasteiger partial charge in [-0.25, -0.2) is 15.0 Å². The summed E-state index contributed by atoms with van der Waals surface area (Å²) >= 11 is 0. The number of carbonyl (C=O) groups excluding carboxylic acids is 2. The minimum absolute atomic E-state index is 0.0375. The topological polar surface area (TPSA) is 173 Å². The van der Waals surface area contributed by atoms with Crippen LogP contribution in [0.15, 0.2) is 17.1 Å². The Hall–Kier alpha value is -2.31. The van der Waals surface area contributed by atoms with Gasteiger partial charge >= 0.3 is 17.6 Å². The summed E-state index contributed by atoms with van der Waals surface area (Å²) in [5, 5.41) is 5.43. The van der Waals surface area contributed by atoms with E-state index in [-0.39, 0.29) is 31.2 Å². The standard InChI is InChI=1S/C21H38N5O8P/c1-13(2)33-19(27)15(5)24-35(30,25-16(6)20(28)34-14(3)4)12-32-17(11-31-7)10-26-9-8-18(22)23-21(26)29/h8-9,13-17H,10-12H2,1-7H3,(H2,22,23,29)(H2,24,25,30)/t15-,16-,17+/m0/s1. The molecule has 0 aliphatic rings. The summed E-state index contributed by atoms with van der Waals surface area (Å²) in [6, 6.07) is -0.488. The zero-order valence-corrected chi connectivity index (χ0v) is 22.2. The van der Waals surface area contributed by atoms with Crippen molar-refractivity contribution in [1.29, 1.82) is 0 Å². The molecule has 0 saturated heterocycles. The number of hydrogen-bond acceptors (Lipinski definition) is 10. The van der Waals surface area contributed by atoms with Gasteiger partial charge in [-0.3, -0.25) is 18.7 Å². The second kappa shape index (κ2) is 14.3. The lowest BCUT2D eigenvalue weighted by atomic mass is 10.3. The van der Waals surface area contributed by atoms with E-state index in [2.05, 4.69) is 15.2 Å². The zero-order chi connectivity index (χ0) is 26.8. The van der Waals surface area contributed by atoms with E-state index in [4.69, 9.17) is 24.7 Å². The van der Waals surface area contributed by atoms with Gasteiger partial charge in [-0.05, 0) is 47.6 Å². The summed E-state index contributed by atoms with van der Waals surface area (Å²) in [5.41, 5.74) is 4.95. The number of esters is 2. The number of nitrogens with two attached hydrogens (primary N) is 1. The minimum Gasteiger partial charge on any atom is -0.462 e. The maximum absolute atomic E-state index is 13.8. The number of aromatic nitrogens is 2. The monoisotopic (exact) mass is 519 g/mol. The van der Waals surface area contributed by atoms with Crippen LogP contribution in [0.4, 0.5) is 5.82 Å². The lowest BCUT2D eigenvalue weighted by Crippen LogP contribution is -2.44. The van der Waals surface area contributed by atoms with Crippen LogP contribution in [0.3, 0.4) is 0 Å². The summed E-state index contributed by atoms with van der Waals surface area (Å²) < 4.78 is 36.4. The summed E-state index contributed by atoms with van der Waals surface area (Å²) in [4.78, 5) is 40.4. The molecule has 0 unspecified atom stereocenters. The fraction of sp³-hybridized carbons (Fsp3) is 0.714.